The molecule has 3 rings (SSSR count). The van der Waals surface area contributed by atoms with E-state index in [-0.39, 0.29) is 42.2 Å². The number of nitrogens with zero attached hydrogens (tertiary/aromatic N) is 4. The number of carbonyl (C=O) groups is 1. The van der Waals surface area contributed by atoms with Gasteiger partial charge in [0.1, 0.15) is 18.8 Å². The van der Waals surface area contributed by atoms with Crippen molar-refractivity contribution in [1.82, 2.24) is 19.9 Å². The Morgan fingerprint density at radius 2 is 1.91 bits per heavy atom. The molecule has 0 atom stereocenters. The number of rotatable bonds is 13. The van der Waals surface area contributed by atoms with Gasteiger partial charge in [0, 0.05) is 6.07 Å². The molecule has 1 amide bonds. The summed E-state index contributed by atoms with van der Waals surface area (Å²) >= 11 is 5.92. The van der Waals surface area contributed by atoms with Gasteiger partial charge in [0.05, 0.1) is 46.7 Å². The lowest BCUT2D eigenvalue weighted by molar-refractivity contribution is -0.681. The van der Waals surface area contributed by atoms with Crippen molar-refractivity contribution >= 4 is 40.2 Å². The van der Waals surface area contributed by atoms with Crippen molar-refractivity contribution in [2.75, 3.05) is 51.6 Å². The second-order valence-corrected chi connectivity index (χ2v) is 7.79. The molecule has 0 unspecified atom stereocenters. The lowest BCUT2D eigenvalue weighted by Crippen LogP contribution is -2.43. The quantitative estimate of drug-likeness (QED) is 0.190. The second-order valence-electron chi connectivity index (χ2n) is 7.43. The van der Waals surface area contributed by atoms with Crippen LogP contribution < -0.4 is 26.1 Å². The fourth-order valence-corrected chi connectivity index (χ4v) is 3.81. The van der Waals surface area contributed by atoms with Gasteiger partial charge in [0.2, 0.25) is 0 Å². The summed E-state index contributed by atoms with van der Waals surface area (Å²) < 4.78 is 20.5. The number of amides is 1. The maximum atomic E-state index is 12.8. The van der Waals surface area contributed by atoms with Gasteiger partial charge in [-0.1, -0.05) is 11.6 Å². The number of aliphatic hydroxyl groups excluding tert-OH is 1. The van der Waals surface area contributed by atoms with E-state index in [2.05, 4.69) is 24.4 Å². The molecule has 0 aliphatic rings. The number of ether oxygens (including phenoxy) is 3. The van der Waals surface area contributed by atoms with Crippen molar-refractivity contribution in [1.29, 1.82) is 0 Å². The Morgan fingerprint density at radius 3 is 2.60 bits per heavy atom. The highest BCUT2D eigenvalue weighted by Gasteiger charge is 2.26. The first-order chi connectivity index (χ1) is 16.9. The minimum Gasteiger partial charge on any atom is -0.497 e. The highest BCUT2D eigenvalue weighted by atomic mass is 35.5. The van der Waals surface area contributed by atoms with Crippen molar-refractivity contribution in [2.24, 2.45) is 0 Å². The van der Waals surface area contributed by atoms with Gasteiger partial charge in [-0.05, 0) is 19.1 Å². The number of carbonyl (C=O) groups excluding carboxylic acids is 1. The summed E-state index contributed by atoms with van der Waals surface area (Å²) in [6, 6.07) is 5.81. The van der Waals surface area contributed by atoms with Gasteiger partial charge in [-0.15, -0.1) is 0 Å². The van der Waals surface area contributed by atoms with Crippen LogP contribution in [0.4, 0.5) is 11.6 Å². The van der Waals surface area contributed by atoms with Crippen LogP contribution in [-0.4, -0.2) is 65.7 Å². The van der Waals surface area contributed by atoms with Crippen LogP contribution in [-0.2, 0) is 29.1 Å². The Bertz CT molecular complexity index is 1170. The Hall–Kier alpha value is -3.19. The molecule has 2 heterocycles. The zero-order valence-corrected chi connectivity index (χ0v) is 20.5. The predicted molar refractivity (Wildman–Crippen MR) is 130 cm³/mol. The Morgan fingerprint density at radius 1 is 1.17 bits per heavy atom. The number of nitrogen functional groups attached to an aromatic ring is 2. The second kappa shape index (κ2) is 12.5. The van der Waals surface area contributed by atoms with Gasteiger partial charge in [0.15, 0.2) is 33.5 Å². The summed E-state index contributed by atoms with van der Waals surface area (Å²) in [5.74, 6) is 0.906. The minimum atomic E-state index is -0.522. The molecule has 190 valence electrons. The van der Waals surface area contributed by atoms with Crippen LogP contribution >= 0.6 is 11.6 Å². The Balaban J connectivity index is 1.84. The van der Waals surface area contributed by atoms with E-state index in [9.17, 15) is 4.79 Å². The minimum absolute atomic E-state index is 0.0231. The monoisotopic (exact) mass is 508 g/mol. The SMILES string of the molecule is CCn1c(CNC(=O)c2nc(Cl)c(N)nc2N)[n+](CCOCCOCCO)c2ccc(OC)cc21. The topological polar surface area (TPSA) is 164 Å². The number of benzene rings is 1. The van der Waals surface area contributed by atoms with Crippen molar-refractivity contribution in [2.45, 2.75) is 26.6 Å². The van der Waals surface area contributed by atoms with Gasteiger partial charge in [0.25, 0.3) is 11.7 Å². The third kappa shape index (κ3) is 6.28. The lowest BCUT2D eigenvalue weighted by atomic mass is 10.3. The first kappa shape index (κ1) is 26.4. The fourth-order valence-electron chi connectivity index (χ4n) is 3.69. The van der Waals surface area contributed by atoms with E-state index in [1.807, 2.05) is 25.1 Å². The molecule has 2 aromatic heterocycles. The van der Waals surface area contributed by atoms with Crippen LogP contribution in [0.25, 0.3) is 11.0 Å². The molecule has 0 aliphatic heterocycles. The van der Waals surface area contributed by atoms with Gasteiger partial charge >= 0.3 is 0 Å². The third-order valence-electron chi connectivity index (χ3n) is 5.30. The zero-order chi connectivity index (χ0) is 25.4. The fraction of sp³-hybridized carbons (Fsp3) is 0.455. The van der Waals surface area contributed by atoms with E-state index in [1.54, 1.807) is 7.11 Å². The largest absolute Gasteiger partial charge is 0.497 e. The van der Waals surface area contributed by atoms with Gasteiger partial charge in [-0.3, -0.25) is 4.79 Å². The molecule has 0 saturated carbocycles. The molecule has 3 aromatic rings. The van der Waals surface area contributed by atoms with E-state index in [1.165, 1.54) is 0 Å². The molecule has 12 nitrogen and oxygen atoms in total. The number of hydrogen-bond donors (Lipinski definition) is 4. The van der Waals surface area contributed by atoms with Crippen LogP contribution in [0.2, 0.25) is 5.15 Å². The molecule has 0 aliphatic carbocycles. The van der Waals surface area contributed by atoms with Gasteiger partial charge < -0.3 is 36.1 Å². The normalized spacial score (nSPS) is 11.2. The van der Waals surface area contributed by atoms with Crippen LogP contribution in [0.3, 0.4) is 0 Å². The molecule has 13 heteroatoms. The first-order valence-corrected chi connectivity index (χ1v) is 11.5. The third-order valence-corrected chi connectivity index (χ3v) is 5.58. The summed E-state index contributed by atoms with van der Waals surface area (Å²) in [4.78, 5) is 20.7. The summed E-state index contributed by atoms with van der Waals surface area (Å²) in [7, 11) is 1.62. The molecule has 0 bridgehead atoms. The maximum absolute atomic E-state index is 12.8. The average molecular weight is 509 g/mol. The molecule has 0 radical (unpaired) electrons. The highest BCUT2D eigenvalue weighted by molar-refractivity contribution is 6.31. The van der Waals surface area contributed by atoms with Crippen molar-refractivity contribution in [3.05, 3.63) is 34.9 Å². The van der Waals surface area contributed by atoms with E-state index in [0.717, 1.165) is 22.6 Å². The van der Waals surface area contributed by atoms with E-state index in [0.29, 0.717) is 32.9 Å². The van der Waals surface area contributed by atoms with Gasteiger partial charge in [-0.25, -0.2) is 19.1 Å². The smallest absolute Gasteiger partial charge is 0.277 e. The number of aryl methyl sites for hydroxylation is 1. The van der Waals surface area contributed by atoms with E-state index >= 15 is 0 Å². The molecular formula is C22H31ClN7O5+. The number of imidazole rings is 1. The number of aromatic nitrogens is 4. The van der Waals surface area contributed by atoms with Crippen LogP contribution in [0.15, 0.2) is 18.2 Å². The molecule has 0 spiro atoms. The number of halogens is 1. The molecule has 6 N–H and O–H groups in total. The van der Waals surface area contributed by atoms with E-state index < -0.39 is 5.91 Å². The van der Waals surface area contributed by atoms with E-state index in [4.69, 9.17) is 42.4 Å². The molecular weight excluding hydrogens is 478 g/mol. The Labute approximate surface area is 207 Å². The summed E-state index contributed by atoms with van der Waals surface area (Å²) in [5.41, 5.74) is 13.3. The maximum Gasteiger partial charge on any atom is 0.277 e. The standard InChI is InChI=1S/C22H30ClN7O5/c1-3-29-16-12-14(33-2)4-5-15(16)30(6-8-34-10-11-35-9-7-31)17(29)13-26-22(32)18-20(24)28-21(25)19(23)27-18/h4-5,12,31H,3,6-11,13H2,1-2H3,(H4-,24,25,26,28,32)/p+1. The number of hydrogen-bond acceptors (Lipinski definition) is 9. The lowest BCUT2D eigenvalue weighted by Gasteiger charge is -2.09. The first-order valence-electron chi connectivity index (χ1n) is 11.1. The number of aliphatic hydroxyl groups is 1. The van der Waals surface area contributed by atoms with Crippen LogP contribution in [0, 0.1) is 0 Å². The predicted octanol–water partition coefficient (Wildman–Crippen LogP) is 0.521. The number of nitrogens with one attached hydrogen (secondary N) is 1. The number of fused-ring (bicyclic) bond motifs is 1. The summed E-state index contributed by atoms with van der Waals surface area (Å²) in [6.07, 6.45) is 0. The molecule has 0 fully saturated rings. The molecule has 1 aromatic carbocycles. The van der Waals surface area contributed by atoms with Crippen molar-refractivity contribution in [3.63, 3.8) is 0 Å². The zero-order valence-electron chi connectivity index (χ0n) is 19.8. The Kier molecular flexibility index (Phi) is 9.43. The summed E-state index contributed by atoms with van der Waals surface area (Å²) in [6.45, 7) is 4.89. The van der Waals surface area contributed by atoms with Gasteiger partial charge in [-0.2, -0.15) is 0 Å². The average Bonchev–Trinajstić information content (AvgIpc) is 3.15. The summed E-state index contributed by atoms with van der Waals surface area (Å²) in [5, 5.41) is 11.5. The number of nitrogens with two attached hydrogens (primary N) is 2. The number of methoxy groups -OCH3 is 1. The highest BCUT2D eigenvalue weighted by Crippen LogP contribution is 2.22. The van der Waals surface area contributed by atoms with Crippen LogP contribution in [0.5, 0.6) is 5.75 Å². The van der Waals surface area contributed by atoms with Crippen molar-refractivity contribution in [3.8, 4) is 5.75 Å². The van der Waals surface area contributed by atoms with Crippen molar-refractivity contribution < 1.29 is 28.7 Å². The number of anilines is 2. The molecule has 35 heavy (non-hydrogen) atoms. The van der Waals surface area contributed by atoms with Crippen LogP contribution in [0.1, 0.15) is 23.2 Å². The molecule has 0 saturated heterocycles.